The van der Waals surface area contributed by atoms with E-state index in [0.717, 1.165) is 0 Å². The maximum atomic E-state index is 10.8. The molecule has 0 aliphatic carbocycles. The topological polar surface area (TPSA) is 131 Å². The van der Waals surface area contributed by atoms with Gasteiger partial charge in [0.2, 0.25) is 5.96 Å². The zero-order valence-corrected chi connectivity index (χ0v) is 13.9. The van der Waals surface area contributed by atoms with Crippen molar-refractivity contribution < 1.29 is 14.6 Å². The van der Waals surface area contributed by atoms with E-state index >= 15 is 0 Å². The lowest BCUT2D eigenvalue weighted by molar-refractivity contribution is -0.136. The summed E-state index contributed by atoms with van der Waals surface area (Å²) in [5.41, 5.74) is 2.02. The average molecular weight is 349 g/mol. The van der Waals surface area contributed by atoms with Crippen molar-refractivity contribution in [3.05, 3.63) is 53.6 Å². The third-order valence-electron chi connectivity index (χ3n) is 3.27. The second-order valence-electron chi connectivity index (χ2n) is 5.09. The van der Waals surface area contributed by atoms with Crippen molar-refractivity contribution in [2.45, 2.75) is 6.42 Å². The Bertz CT molecular complexity index is 925. The summed E-state index contributed by atoms with van der Waals surface area (Å²) in [5, 5.41) is 32.2. The fourth-order valence-corrected chi connectivity index (χ4v) is 2.18. The molecule has 0 saturated carbocycles. The number of guanidine groups is 1. The molecule has 2 aromatic rings. The van der Waals surface area contributed by atoms with Gasteiger partial charge in [0.25, 0.3) is 0 Å². The monoisotopic (exact) mass is 349 g/mol. The number of methoxy groups -OCH3 is 1. The smallest absolute Gasteiger partial charge is 0.307 e. The number of nitrogens with one attached hydrogen (secondary N) is 2. The number of nitrogens with zero attached hydrogens (tertiary/aromatic N) is 3. The third kappa shape index (κ3) is 4.98. The van der Waals surface area contributed by atoms with Crippen molar-refractivity contribution >= 4 is 23.3 Å². The van der Waals surface area contributed by atoms with Crippen LogP contribution in [0.5, 0.6) is 5.75 Å². The van der Waals surface area contributed by atoms with Crippen LogP contribution in [0.3, 0.4) is 0 Å². The van der Waals surface area contributed by atoms with Gasteiger partial charge in [-0.1, -0.05) is 12.1 Å². The van der Waals surface area contributed by atoms with Crippen molar-refractivity contribution in [3.8, 4) is 18.0 Å². The molecule has 0 amide bonds. The quantitative estimate of drug-likeness (QED) is 0.327. The maximum absolute atomic E-state index is 10.8. The van der Waals surface area contributed by atoms with Gasteiger partial charge in [0.1, 0.15) is 11.8 Å². The Morgan fingerprint density at radius 3 is 2.73 bits per heavy atom. The molecule has 26 heavy (non-hydrogen) atoms. The normalized spacial score (nSPS) is 10.3. The first-order valence-corrected chi connectivity index (χ1v) is 7.45. The fourth-order valence-electron chi connectivity index (χ4n) is 2.18. The SMILES string of the molecule is COc1cc(N=C(NC#N)Nc2cccc(CC(=O)O)c2)ccc1C#N. The summed E-state index contributed by atoms with van der Waals surface area (Å²) in [6, 6.07) is 13.5. The number of aliphatic carboxylic acids is 1. The van der Waals surface area contributed by atoms with Gasteiger partial charge in [0.15, 0.2) is 6.19 Å². The highest BCUT2D eigenvalue weighted by Gasteiger charge is 2.06. The number of carbonyl (C=O) groups is 1. The number of hydrogen-bond donors (Lipinski definition) is 3. The van der Waals surface area contributed by atoms with Gasteiger partial charge in [-0.05, 0) is 29.8 Å². The summed E-state index contributed by atoms with van der Waals surface area (Å²) < 4.78 is 5.14. The summed E-state index contributed by atoms with van der Waals surface area (Å²) in [4.78, 5) is 15.1. The molecule has 0 atom stereocenters. The van der Waals surface area contributed by atoms with Crippen LogP contribution >= 0.6 is 0 Å². The van der Waals surface area contributed by atoms with E-state index in [-0.39, 0.29) is 12.4 Å². The number of hydrogen-bond acceptors (Lipinski definition) is 5. The lowest BCUT2D eigenvalue weighted by Gasteiger charge is -2.10. The second kappa shape index (κ2) is 8.71. The molecule has 0 fully saturated rings. The first-order valence-electron chi connectivity index (χ1n) is 7.45. The predicted octanol–water partition coefficient (Wildman–Crippen LogP) is 2.36. The molecule has 0 unspecified atom stereocenters. The van der Waals surface area contributed by atoms with E-state index in [4.69, 9.17) is 20.4 Å². The number of nitriles is 2. The van der Waals surface area contributed by atoms with E-state index in [9.17, 15) is 4.79 Å². The zero-order chi connectivity index (χ0) is 18.9. The Balaban J connectivity index is 2.29. The molecule has 3 N–H and O–H groups in total. The average Bonchev–Trinajstić information content (AvgIpc) is 2.61. The summed E-state index contributed by atoms with van der Waals surface area (Å²) >= 11 is 0. The fraction of sp³-hybridized carbons (Fsp3) is 0.111. The van der Waals surface area contributed by atoms with Crippen molar-refractivity contribution in [3.63, 3.8) is 0 Å². The van der Waals surface area contributed by atoms with Crippen LogP contribution in [-0.4, -0.2) is 24.1 Å². The van der Waals surface area contributed by atoms with Crippen LogP contribution < -0.4 is 15.4 Å². The first-order chi connectivity index (χ1) is 12.5. The molecule has 8 nitrogen and oxygen atoms in total. The lowest BCUT2D eigenvalue weighted by atomic mass is 10.1. The Hall–Kier alpha value is -4.04. The van der Waals surface area contributed by atoms with Crippen LogP contribution in [0.4, 0.5) is 11.4 Å². The van der Waals surface area contributed by atoms with Gasteiger partial charge in [0.05, 0.1) is 24.8 Å². The largest absolute Gasteiger partial charge is 0.495 e. The minimum absolute atomic E-state index is 0.111. The van der Waals surface area contributed by atoms with E-state index < -0.39 is 5.97 Å². The molecule has 0 radical (unpaired) electrons. The molecular formula is C18H15N5O3. The second-order valence-corrected chi connectivity index (χ2v) is 5.09. The number of carboxylic acid groups (broad SMARTS) is 1. The highest BCUT2D eigenvalue weighted by molar-refractivity contribution is 5.96. The van der Waals surface area contributed by atoms with Crippen LogP contribution in [-0.2, 0) is 11.2 Å². The van der Waals surface area contributed by atoms with Crippen molar-refractivity contribution in [1.29, 1.82) is 10.5 Å². The lowest BCUT2D eigenvalue weighted by Crippen LogP contribution is -2.26. The molecule has 0 heterocycles. The Morgan fingerprint density at radius 2 is 2.08 bits per heavy atom. The van der Waals surface area contributed by atoms with Crippen molar-refractivity contribution in [2.75, 3.05) is 12.4 Å². The molecule has 0 aliphatic heterocycles. The Kier molecular flexibility index (Phi) is 6.13. The minimum Gasteiger partial charge on any atom is -0.495 e. The summed E-state index contributed by atoms with van der Waals surface area (Å²) in [6.45, 7) is 0. The number of carboxylic acids is 1. The molecule has 0 aromatic heterocycles. The van der Waals surface area contributed by atoms with Crippen molar-refractivity contribution in [1.82, 2.24) is 5.32 Å². The summed E-state index contributed by atoms with van der Waals surface area (Å²) in [6.07, 6.45) is 1.67. The molecule has 0 spiro atoms. The van der Waals surface area contributed by atoms with Gasteiger partial charge in [-0.25, -0.2) is 4.99 Å². The number of ether oxygens (including phenoxy) is 1. The zero-order valence-electron chi connectivity index (χ0n) is 13.9. The minimum atomic E-state index is -0.934. The highest BCUT2D eigenvalue weighted by atomic mass is 16.5. The van der Waals surface area contributed by atoms with Gasteiger partial charge in [-0.2, -0.15) is 10.5 Å². The van der Waals surface area contributed by atoms with Gasteiger partial charge >= 0.3 is 5.97 Å². The maximum Gasteiger partial charge on any atom is 0.307 e. The highest BCUT2D eigenvalue weighted by Crippen LogP contribution is 2.24. The van der Waals surface area contributed by atoms with Crippen LogP contribution in [0.25, 0.3) is 0 Å². The van der Waals surface area contributed by atoms with Gasteiger partial charge < -0.3 is 15.2 Å². The van der Waals surface area contributed by atoms with Crippen LogP contribution in [0.2, 0.25) is 0 Å². The van der Waals surface area contributed by atoms with E-state index in [0.29, 0.717) is 28.3 Å². The molecule has 130 valence electrons. The number of benzene rings is 2. The number of aliphatic imine (C=N–C) groups is 1. The Labute approximate surface area is 150 Å². The molecular weight excluding hydrogens is 334 g/mol. The molecule has 2 rings (SSSR count). The molecule has 0 saturated heterocycles. The van der Waals surface area contributed by atoms with Crippen molar-refractivity contribution in [2.24, 2.45) is 4.99 Å². The van der Waals surface area contributed by atoms with Crippen LogP contribution in [0.15, 0.2) is 47.5 Å². The van der Waals surface area contributed by atoms with Crippen LogP contribution in [0, 0.1) is 22.8 Å². The van der Waals surface area contributed by atoms with Gasteiger partial charge in [-0.3, -0.25) is 10.1 Å². The molecule has 0 bridgehead atoms. The summed E-state index contributed by atoms with van der Waals surface area (Å²) in [7, 11) is 1.45. The van der Waals surface area contributed by atoms with E-state index in [1.165, 1.54) is 7.11 Å². The third-order valence-corrected chi connectivity index (χ3v) is 3.27. The molecule has 2 aromatic carbocycles. The van der Waals surface area contributed by atoms with Crippen LogP contribution in [0.1, 0.15) is 11.1 Å². The van der Waals surface area contributed by atoms with Gasteiger partial charge in [-0.15, -0.1) is 0 Å². The Morgan fingerprint density at radius 1 is 1.27 bits per heavy atom. The summed E-state index contributed by atoms with van der Waals surface area (Å²) in [5.74, 6) is -0.420. The predicted molar refractivity (Wildman–Crippen MR) is 95.0 cm³/mol. The number of anilines is 1. The van der Waals surface area contributed by atoms with E-state index in [1.807, 2.05) is 6.07 Å². The molecule has 8 heteroatoms. The van der Waals surface area contributed by atoms with E-state index in [1.54, 1.807) is 48.7 Å². The first kappa shape index (κ1) is 18.3. The number of rotatable bonds is 5. The van der Waals surface area contributed by atoms with Gasteiger partial charge in [0, 0.05) is 11.8 Å². The standard InChI is InChI=1S/C18H15N5O3/c1-26-16-9-15(6-5-13(16)10-19)23-18(21-11-20)22-14-4-2-3-12(7-14)8-17(24)25/h2-7,9H,8H2,1H3,(H,24,25)(H2,21,22,23). The van der Waals surface area contributed by atoms with E-state index in [2.05, 4.69) is 15.6 Å². The molecule has 0 aliphatic rings.